The molecule has 0 aromatic heterocycles. The third-order valence-corrected chi connectivity index (χ3v) is 1.71. The molecule has 3 N–H and O–H groups in total. The largest absolute Gasteiger partial charge is 0.389 e. The number of rotatable bonds is 3. The fraction of sp³-hybridized carbons (Fsp3) is 0.364. The van der Waals surface area contributed by atoms with Crippen LogP contribution >= 0.6 is 0 Å². The summed E-state index contributed by atoms with van der Waals surface area (Å²) in [5, 5.41) is 14.6. The van der Waals surface area contributed by atoms with Crippen molar-refractivity contribution in [1.29, 1.82) is 0 Å². The number of hydrogen-bond acceptors (Lipinski definition) is 2. The van der Waals surface area contributed by atoms with Crippen LogP contribution in [-0.4, -0.2) is 23.3 Å². The fourth-order valence-electron chi connectivity index (χ4n) is 0.993. The maximum Gasteiger partial charge on any atom is 0.319 e. The molecule has 0 atom stereocenters. The summed E-state index contributed by atoms with van der Waals surface area (Å²) in [5.74, 6) is 0. The van der Waals surface area contributed by atoms with Crippen LogP contribution in [0.5, 0.6) is 0 Å². The van der Waals surface area contributed by atoms with Gasteiger partial charge in [-0.05, 0) is 26.0 Å². The molecule has 82 valence electrons. The van der Waals surface area contributed by atoms with Gasteiger partial charge in [-0.15, -0.1) is 0 Å². The first-order valence-electron chi connectivity index (χ1n) is 4.80. The molecule has 0 saturated carbocycles. The van der Waals surface area contributed by atoms with Crippen LogP contribution in [0, 0.1) is 0 Å². The van der Waals surface area contributed by atoms with Crippen molar-refractivity contribution in [3.63, 3.8) is 0 Å². The van der Waals surface area contributed by atoms with E-state index in [9.17, 15) is 9.90 Å². The van der Waals surface area contributed by atoms with E-state index in [2.05, 4.69) is 10.6 Å². The lowest BCUT2D eigenvalue weighted by Crippen LogP contribution is -2.40. The molecule has 0 heterocycles. The number of nitrogens with one attached hydrogen (secondary N) is 2. The van der Waals surface area contributed by atoms with Gasteiger partial charge in [-0.25, -0.2) is 4.79 Å². The van der Waals surface area contributed by atoms with Crippen molar-refractivity contribution in [3.05, 3.63) is 30.3 Å². The molecule has 0 bridgehead atoms. The van der Waals surface area contributed by atoms with E-state index in [1.54, 1.807) is 26.0 Å². The van der Waals surface area contributed by atoms with Crippen molar-refractivity contribution in [2.45, 2.75) is 19.4 Å². The average Bonchev–Trinajstić information content (AvgIpc) is 2.15. The smallest absolute Gasteiger partial charge is 0.319 e. The predicted molar refractivity (Wildman–Crippen MR) is 59.8 cm³/mol. The third kappa shape index (κ3) is 5.02. The molecule has 0 saturated heterocycles. The SMILES string of the molecule is CC(C)(O)CNC(=O)Nc1ccccc1. The molecule has 0 unspecified atom stereocenters. The van der Waals surface area contributed by atoms with Crippen LogP contribution in [-0.2, 0) is 0 Å². The zero-order chi connectivity index (χ0) is 11.3. The van der Waals surface area contributed by atoms with E-state index >= 15 is 0 Å². The molecule has 0 aliphatic rings. The Bertz CT molecular complexity index is 317. The van der Waals surface area contributed by atoms with Gasteiger partial charge in [-0.3, -0.25) is 0 Å². The third-order valence-electron chi connectivity index (χ3n) is 1.71. The van der Waals surface area contributed by atoms with Crippen molar-refractivity contribution in [2.24, 2.45) is 0 Å². The number of para-hydroxylation sites is 1. The number of carbonyl (C=O) groups is 1. The summed E-state index contributed by atoms with van der Waals surface area (Å²) in [6, 6.07) is 8.83. The topological polar surface area (TPSA) is 61.4 Å². The first-order chi connectivity index (χ1) is 6.97. The Hall–Kier alpha value is -1.55. The number of hydrogen-bond donors (Lipinski definition) is 3. The molecule has 1 aromatic rings. The van der Waals surface area contributed by atoms with Crippen LogP contribution < -0.4 is 10.6 Å². The number of amides is 2. The van der Waals surface area contributed by atoms with E-state index in [0.717, 1.165) is 5.69 Å². The standard InChI is InChI=1S/C11H16N2O2/c1-11(2,15)8-12-10(14)13-9-6-4-3-5-7-9/h3-7,15H,8H2,1-2H3,(H2,12,13,14). The summed E-state index contributed by atoms with van der Waals surface area (Å²) in [4.78, 5) is 11.3. The first kappa shape index (κ1) is 11.5. The molecule has 0 aliphatic heterocycles. The van der Waals surface area contributed by atoms with E-state index in [1.807, 2.05) is 18.2 Å². The number of aliphatic hydroxyl groups is 1. The first-order valence-corrected chi connectivity index (χ1v) is 4.80. The van der Waals surface area contributed by atoms with Gasteiger partial charge in [0.05, 0.1) is 5.60 Å². The average molecular weight is 208 g/mol. The summed E-state index contributed by atoms with van der Waals surface area (Å²) in [6.45, 7) is 3.48. The zero-order valence-electron chi connectivity index (χ0n) is 8.95. The molecule has 0 radical (unpaired) electrons. The number of carbonyl (C=O) groups excluding carboxylic acids is 1. The normalized spacial score (nSPS) is 10.9. The second-order valence-electron chi connectivity index (χ2n) is 3.99. The number of urea groups is 1. The van der Waals surface area contributed by atoms with Gasteiger partial charge in [0.2, 0.25) is 0 Å². The van der Waals surface area contributed by atoms with Crippen LogP contribution in [0.15, 0.2) is 30.3 Å². The van der Waals surface area contributed by atoms with Crippen LogP contribution in [0.4, 0.5) is 10.5 Å². The zero-order valence-corrected chi connectivity index (χ0v) is 8.95. The molecule has 0 spiro atoms. The van der Waals surface area contributed by atoms with Crippen molar-refractivity contribution in [3.8, 4) is 0 Å². The van der Waals surface area contributed by atoms with Crippen molar-refractivity contribution in [1.82, 2.24) is 5.32 Å². The minimum atomic E-state index is -0.895. The lowest BCUT2D eigenvalue weighted by atomic mass is 10.1. The van der Waals surface area contributed by atoms with Crippen molar-refractivity contribution < 1.29 is 9.90 Å². The van der Waals surface area contributed by atoms with Crippen LogP contribution in [0.1, 0.15) is 13.8 Å². The summed E-state index contributed by atoms with van der Waals surface area (Å²) >= 11 is 0. The van der Waals surface area contributed by atoms with Gasteiger partial charge < -0.3 is 15.7 Å². The second-order valence-corrected chi connectivity index (χ2v) is 3.99. The number of anilines is 1. The molecule has 0 fully saturated rings. The van der Waals surface area contributed by atoms with Gasteiger partial charge in [0, 0.05) is 12.2 Å². The van der Waals surface area contributed by atoms with E-state index in [1.165, 1.54) is 0 Å². The van der Waals surface area contributed by atoms with E-state index < -0.39 is 5.60 Å². The Balaban J connectivity index is 2.38. The van der Waals surface area contributed by atoms with Gasteiger partial charge in [0.1, 0.15) is 0 Å². The lowest BCUT2D eigenvalue weighted by molar-refractivity contribution is 0.0826. The highest BCUT2D eigenvalue weighted by atomic mass is 16.3. The maximum atomic E-state index is 11.3. The van der Waals surface area contributed by atoms with Gasteiger partial charge >= 0.3 is 6.03 Å². The monoisotopic (exact) mass is 208 g/mol. The lowest BCUT2D eigenvalue weighted by Gasteiger charge is -2.17. The summed E-state index contributed by atoms with van der Waals surface area (Å²) in [7, 11) is 0. The molecule has 1 aromatic carbocycles. The Morgan fingerprint density at radius 1 is 1.33 bits per heavy atom. The van der Waals surface area contributed by atoms with Gasteiger partial charge in [-0.2, -0.15) is 0 Å². The molecule has 4 heteroatoms. The van der Waals surface area contributed by atoms with Crippen LogP contribution in [0.3, 0.4) is 0 Å². The Labute approximate surface area is 89.3 Å². The summed E-state index contributed by atoms with van der Waals surface area (Å²) < 4.78 is 0. The van der Waals surface area contributed by atoms with Crippen LogP contribution in [0.2, 0.25) is 0 Å². The van der Waals surface area contributed by atoms with Crippen molar-refractivity contribution >= 4 is 11.7 Å². The Morgan fingerprint density at radius 3 is 2.47 bits per heavy atom. The minimum absolute atomic E-state index is 0.214. The molecule has 15 heavy (non-hydrogen) atoms. The molecule has 1 rings (SSSR count). The highest BCUT2D eigenvalue weighted by Gasteiger charge is 2.13. The van der Waals surface area contributed by atoms with E-state index in [-0.39, 0.29) is 12.6 Å². The molecule has 0 aliphatic carbocycles. The predicted octanol–water partition coefficient (Wildman–Crippen LogP) is 1.58. The number of benzene rings is 1. The molecule has 4 nitrogen and oxygen atoms in total. The van der Waals surface area contributed by atoms with Gasteiger partial charge in [0.15, 0.2) is 0 Å². The summed E-state index contributed by atoms with van der Waals surface area (Å²) in [6.07, 6.45) is 0. The van der Waals surface area contributed by atoms with Crippen molar-refractivity contribution in [2.75, 3.05) is 11.9 Å². The Morgan fingerprint density at radius 2 is 1.93 bits per heavy atom. The van der Waals surface area contributed by atoms with E-state index in [0.29, 0.717) is 0 Å². The van der Waals surface area contributed by atoms with E-state index in [4.69, 9.17) is 0 Å². The second kappa shape index (κ2) is 4.79. The molecular formula is C11H16N2O2. The quantitative estimate of drug-likeness (QED) is 0.706. The van der Waals surface area contributed by atoms with Gasteiger partial charge in [-0.1, -0.05) is 18.2 Å². The van der Waals surface area contributed by atoms with Gasteiger partial charge in [0.25, 0.3) is 0 Å². The minimum Gasteiger partial charge on any atom is -0.389 e. The molecule has 2 amide bonds. The highest BCUT2D eigenvalue weighted by molar-refractivity contribution is 5.89. The highest BCUT2D eigenvalue weighted by Crippen LogP contribution is 2.04. The Kier molecular flexibility index (Phi) is 3.68. The maximum absolute atomic E-state index is 11.3. The fourth-order valence-corrected chi connectivity index (χ4v) is 0.993. The summed E-state index contributed by atoms with van der Waals surface area (Å²) in [5.41, 5.74) is -0.167. The molecular weight excluding hydrogens is 192 g/mol. The van der Waals surface area contributed by atoms with Crippen LogP contribution in [0.25, 0.3) is 0 Å².